The quantitative estimate of drug-likeness (QED) is 0.798. The van der Waals surface area contributed by atoms with Gasteiger partial charge >= 0.3 is 0 Å². The lowest BCUT2D eigenvalue weighted by molar-refractivity contribution is 0.283. The predicted octanol–water partition coefficient (Wildman–Crippen LogP) is 2.20. The van der Waals surface area contributed by atoms with Crippen LogP contribution < -0.4 is 0 Å². The first-order valence-electron chi connectivity index (χ1n) is 8.89. The number of piperidine rings is 1. The Morgan fingerprint density at radius 1 is 1.17 bits per heavy atom. The van der Waals surface area contributed by atoms with Crippen LogP contribution in [0.25, 0.3) is 0 Å². The number of hydrogen-bond donors (Lipinski definition) is 0. The first kappa shape index (κ1) is 16.9. The van der Waals surface area contributed by atoms with Gasteiger partial charge in [0.25, 0.3) is 10.2 Å². The van der Waals surface area contributed by atoms with Gasteiger partial charge in [0.05, 0.1) is 0 Å². The fourth-order valence-electron chi connectivity index (χ4n) is 3.64. The Morgan fingerprint density at radius 3 is 2.65 bits per heavy atom. The number of aromatic nitrogens is 2. The highest BCUT2D eigenvalue weighted by Gasteiger charge is 2.36. The second kappa shape index (κ2) is 7.32. The standard InChI is InChI=1S/C16H28N4O2S/c1-2-3-9-18-13-8-17-16(18)15-7-6-12-20(14-15)23(21,22)19-10-4-5-11-19/h8,13,15H,2-7,9-12,14H2,1H3/t15-/m0/s1. The molecule has 0 saturated carbocycles. The first-order valence-corrected chi connectivity index (χ1v) is 10.3. The Labute approximate surface area is 139 Å². The summed E-state index contributed by atoms with van der Waals surface area (Å²) in [6, 6.07) is 0. The number of hydrogen-bond acceptors (Lipinski definition) is 3. The molecule has 1 atom stereocenters. The van der Waals surface area contributed by atoms with E-state index >= 15 is 0 Å². The molecule has 3 heterocycles. The van der Waals surface area contributed by atoms with Crippen molar-refractivity contribution in [3.05, 3.63) is 18.2 Å². The van der Waals surface area contributed by atoms with Crippen molar-refractivity contribution in [1.82, 2.24) is 18.2 Å². The van der Waals surface area contributed by atoms with Crippen LogP contribution in [-0.4, -0.2) is 52.8 Å². The minimum Gasteiger partial charge on any atom is -0.335 e. The number of unbranched alkanes of at least 4 members (excludes halogenated alkanes) is 1. The van der Waals surface area contributed by atoms with E-state index in [-0.39, 0.29) is 5.92 Å². The Morgan fingerprint density at radius 2 is 1.91 bits per heavy atom. The van der Waals surface area contributed by atoms with Crippen LogP contribution in [0.5, 0.6) is 0 Å². The Hall–Kier alpha value is -0.920. The predicted molar refractivity (Wildman–Crippen MR) is 90.4 cm³/mol. The average Bonchev–Trinajstić information content (AvgIpc) is 3.24. The van der Waals surface area contributed by atoms with E-state index in [4.69, 9.17) is 0 Å². The maximum atomic E-state index is 12.8. The summed E-state index contributed by atoms with van der Waals surface area (Å²) in [6.07, 6.45) is 10.1. The number of rotatable bonds is 6. The molecule has 2 saturated heterocycles. The third kappa shape index (κ3) is 3.61. The second-order valence-electron chi connectivity index (χ2n) is 6.64. The highest BCUT2D eigenvalue weighted by atomic mass is 32.2. The molecule has 2 fully saturated rings. The molecule has 0 aliphatic carbocycles. The van der Waals surface area contributed by atoms with Gasteiger partial charge in [-0.05, 0) is 32.1 Å². The van der Waals surface area contributed by atoms with Crippen LogP contribution in [0.1, 0.15) is 57.2 Å². The van der Waals surface area contributed by atoms with E-state index in [1.165, 1.54) is 0 Å². The number of imidazole rings is 1. The van der Waals surface area contributed by atoms with Gasteiger partial charge in [-0.15, -0.1) is 0 Å². The Bertz CT molecular complexity index is 607. The van der Waals surface area contributed by atoms with Crippen LogP contribution in [0.3, 0.4) is 0 Å². The molecule has 2 aliphatic rings. The van der Waals surface area contributed by atoms with E-state index in [0.717, 1.165) is 50.9 Å². The monoisotopic (exact) mass is 340 g/mol. The normalized spacial score (nSPS) is 24.3. The third-order valence-corrected chi connectivity index (χ3v) is 6.97. The van der Waals surface area contributed by atoms with E-state index < -0.39 is 10.2 Å². The SMILES string of the molecule is CCCCn1ccnc1[C@H]1CCCN(S(=O)(=O)N2CCCC2)C1. The van der Waals surface area contributed by atoms with Gasteiger partial charge in [0.2, 0.25) is 0 Å². The lowest BCUT2D eigenvalue weighted by Crippen LogP contribution is -2.46. The van der Waals surface area contributed by atoms with Crippen LogP contribution >= 0.6 is 0 Å². The zero-order valence-electron chi connectivity index (χ0n) is 14.0. The molecule has 0 N–H and O–H groups in total. The minimum absolute atomic E-state index is 0.216. The maximum Gasteiger partial charge on any atom is 0.281 e. The van der Waals surface area contributed by atoms with Gasteiger partial charge in [0.15, 0.2) is 0 Å². The first-order chi connectivity index (χ1) is 11.1. The van der Waals surface area contributed by atoms with Crippen LogP contribution in [0.2, 0.25) is 0 Å². The van der Waals surface area contributed by atoms with E-state index in [2.05, 4.69) is 16.5 Å². The van der Waals surface area contributed by atoms with E-state index in [1.807, 2.05) is 12.4 Å². The zero-order valence-corrected chi connectivity index (χ0v) is 14.8. The summed E-state index contributed by atoms with van der Waals surface area (Å²) in [5, 5.41) is 0. The Balaban J connectivity index is 1.72. The van der Waals surface area contributed by atoms with Gasteiger partial charge in [0.1, 0.15) is 5.82 Å². The lowest BCUT2D eigenvalue weighted by Gasteiger charge is -2.34. The highest BCUT2D eigenvalue weighted by molar-refractivity contribution is 7.86. The summed E-state index contributed by atoms with van der Waals surface area (Å²) >= 11 is 0. The molecule has 130 valence electrons. The fraction of sp³-hybridized carbons (Fsp3) is 0.812. The van der Waals surface area contributed by atoms with Crippen molar-refractivity contribution >= 4 is 10.2 Å². The molecule has 3 rings (SSSR count). The van der Waals surface area contributed by atoms with Gasteiger partial charge in [-0.1, -0.05) is 13.3 Å². The maximum absolute atomic E-state index is 12.8. The molecule has 0 aromatic carbocycles. The van der Waals surface area contributed by atoms with Crippen molar-refractivity contribution in [2.24, 2.45) is 0 Å². The average molecular weight is 340 g/mol. The molecular weight excluding hydrogens is 312 g/mol. The van der Waals surface area contributed by atoms with E-state index in [1.54, 1.807) is 8.61 Å². The highest BCUT2D eigenvalue weighted by Crippen LogP contribution is 2.29. The minimum atomic E-state index is -3.29. The molecule has 0 spiro atoms. The summed E-state index contributed by atoms with van der Waals surface area (Å²) in [7, 11) is -3.29. The number of aryl methyl sites for hydroxylation is 1. The van der Waals surface area contributed by atoms with Gasteiger partial charge in [0, 0.05) is 51.0 Å². The molecule has 6 nitrogen and oxygen atoms in total. The molecule has 7 heteroatoms. The van der Waals surface area contributed by atoms with E-state index in [9.17, 15) is 8.42 Å². The van der Waals surface area contributed by atoms with Gasteiger partial charge in [-0.25, -0.2) is 4.98 Å². The Kier molecular flexibility index (Phi) is 5.38. The zero-order chi connectivity index (χ0) is 16.3. The van der Waals surface area contributed by atoms with Crippen LogP contribution in [0.15, 0.2) is 12.4 Å². The third-order valence-electron chi connectivity index (χ3n) is 4.97. The summed E-state index contributed by atoms with van der Waals surface area (Å²) in [6.45, 7) is 5.72. The van der Waals surface area contributed by atoms with Gasteiger partial charge < -0.3 is 4.57 Å². The van der Waals surface area contributed by atoms with Crippen molar-refractivity contribution in [3.8, 4) is 0 Å². The smallest absolute Gasteiger partial charge is 0.281 e. The van der Waals surface area contributed by atoms with Crippen molar-refractivity contribution in [3.63, 3.8) is 0 Å². The second-order valence-corrected chi connectivity index (χ2v) is 8.57. The molecule has 1 aromatic rings. The van der Waals surface area contributed by atoms with Crippen molar-refractivity contribution < 1.29 is 8.42 Å². The molecule has 0 bridgehead atoms. The topological polar surface area (TPSA) is 58.4 Å². The fourth-order valence-corrected chi connectivity index (χ4v) is 5.42. The largest absolute Gasteiger partial charge is 0.335 e. The van der Waals surface area contributed by atoms with Crippen LogP contribution in [0.4, 0.5) is 0 Å². The summed E-state index contributed by atoms with van der Waals surface area (Å²) in [5.74, 6) is 1.27. The van der Waals surface area contributed by atoms with Gasteiger partial charge in [-0.3, -0.25) is 0 Å². The summed E-state index contributed by atoms with van der Waals surface area (Å²) in [4.78, 5) is 4.53. The molecule has 0 radical (unpaired) electrons. The summed E-state index contributed by atoms with van der Waals surface area (Å²) in [5.41, 5.74) is 0. The van der Waals surface area contributed by atoms with Crippen molar-refractivity contribution in [2.45, 2.75) is 57.9 Å². The number of nitrogens with zero attached hydrogens (tertiary/aromatic N) is 4. The molecular formula is C16H28N4O2S. The van der Waals surface area contributed by atoms with Crippen molar-refractivity contribution in [2.75, 3.05) is 26.2 Å². The molecule has 1 aromatic heterocycles. The molecule has 23 heavy (non-hydrogen) atoms. The van der Waals surface area contributed by atoms with E-state index in [0.29, 0.717) is 26.2 Å². The summed E-state index contributed by atoms with van der Waals surface area (Å²) < 4.78 is 31.1. The van der Waals surface area contributed by atoms with Crippen LogP contribution in [-0.2, 0) is 16.8 Å². The van der Waals surface area contributed by atoms with Gasteiger partial charge in [-0.2, -0.15) is 17.0 Å². The van der Waals surface area contributed by atoms with Crippen LogP contribution in [0, 0.1) is 0 Å². The lowest BCUT2D eigenvalue weighted by atomic mass is 9.99. The molecule has 0 unspecified atom stereocenters. The molecule has 0 amide bonds. The molecule has 2 aliphatic heterocycles. The van der Waals surface area contributed by atoms with Crippen molar-refractivity contribution in [1.29, 1.82) is 0 Å².